The number of benzene rings is 2. The third-order valence-corrected chi connectivity index (χ3v) is 5.28. The molecule has 0 unspecified atom stereocenters. The minimum Gasteiger partial charge on any atom is -0.504 e. The van der Waals surface area contributed by atoms with Crippen molar-refractivity contribution in [2.45, 2.75) is 0 Å². The van der Waals surface area contributed by atoms with Crippen LogP contribution in [0.5, 0.6) is 23.0 Å². The maximum atomic E-state index is 13.2. The van der Waals surface area contributed by atoms with E-state index in [1.807, 2.05) is 0 Å². The summed E-state index contributed by atoms with van der Waals surface area (Å²) in [5.41, 5.74) is -1.18. The second kappa shape index (κ2) is 9.57. The van der Waals surface area contributed by atoms with Crippen molar-refractivity contribution in [3.63, 3.8) is 0 Å². The van der Waals surface area contributed by atoms with Crippen LogP contribution in [0.2, 0.25) is 0 Å². The number of phenolic OH excluding ortho intramolecular Hbond substituents is 4. The number of carbonyl (C=O) groups is 1. The summed E-state index contributed by atoms with van der Waals surface area (Å²) in [5.74, 6) is -4.21. The molecule has 2 aromatic heterocycles. The standard InChI is InChI=1S/C21H16N6O9.BrH/c1-24-7-11(9-3-13(26(33)34)17(30)15(28)5-9)22-20(24)19(32)21-23-12(8-25(21)2)10-4-14(27(35)36)18(31)16(29)6-10;/h3-8,28-31H,1-2H3;1H. The van der Waals surface area contributed by atoms with E-state index in [9.17, 15) is 45.4 Å². The van der Waals surface area contributed by atoms with Gasteiger partial charge in [0.25, 0.3) is 5.78 Å². The second-order valence-corrected chi connectivity index (χ2v) is 7.69. The summed E-state index contributed by atoms with van der Waals surface area (Å²) < 4.78 is 2.66. The molecule has 0 bridgehead atoms. The minimum atomic E-state index is -0.906. The molecule has 0 aliphatic heterocycles. The lowest BCUT2D eigenvalue weighted by molar-refractivity contribution is -0.386. The molecule has 0 aliphatic carbocycles. The highest BCUT2D eigenvalue weighted by Crippen LogP contribution is 2.40. The third kappa shape index (κ3) is 4.64. The van der Waals surface area contributed by atoms with Gasteiger partial charge in [-0.3, -0.25) is 25.0 Å². The van der Waals surface area contributed by atoms with Crippen LogP contribution in [-0.4, -0.2) is 55.2 Å². The topological polar surface area (TPSA) is 220 Å². The molecule has 37 heavy (non-hydrogen) atoms. The number of ketones is 1. The Labute approximate surface area is 216 Å². The molecular weight excluding hydrogens is 560 g/mol. The van der Waals surface area contributed by atoms with Crippen molar-refractivity contribution in [1.29, 1.82) is 0 Å². The van der Waals surface area contributed by atoms with E-state index in [-0.39, 0.29) is 51.1 Å². The molecule has 192 valence electrons. The van der Waals surface area contributed by atoms with Crippen molar-refractivity contribution in [3.05, 3.63) is 68.5 Å². The maximum absolute atomic E-state index is 13.2. The molecule has 4 rings (SSSR count). The SMILES string of the molecule is Br.Cn1cc(-c2cc(O)c(O)c([N+](=O)[O-])c2)nc1C(=O)c1nc(-c2cc(O)c(O)c([N+](=O)[O-])c2)cn1C. The van der Waals surface area contributed by atoms with Gasteiger partial charge in [0, 0.05) is 49.7 Å². The van der Waals surface area contributed by atoms with Gasteiger partial charge in [0.1, 0.15) is 0 Å². The third-order valence-electron chi connectivity index (χ3n) is 5.28. The average Bonchev–Trinajstić information content (AvgIpc) is 3.39. The van der Waals surface area contributed by atoms with Gasteiger partial charge in [0.15, 0.2) is 23.1 Å². The van der Waals surface area contributed by atoms with Crippen molar-refractivity contribution in [3.8, 4) is 45.5 Å². The van der Waals surface area contributed by atoms with Gasteiger partial charge in [-0.15, -0.1) is 17.0 Å². The van der Waals surface area contributed by atoms with E-state index >= 15 is 0 Å². The van der Waals surface area contributed by atoms with Crippen LogP contribution in [0, 0.1) is 20.2 Å². The van der Waals surface area contributed by atoms with E-state index in [2.05, 4.69) is 9.97 Å². The number of phenols is 4. The number of aromatic nitrogens is 4. The fourth-order valence-corrected chi connectivity index (χ4v) is 3.52. The van der Waals surface area contributed by atoms with Gasteiger partial charge in [-0.1, -0.05) is 0 Å². The van der Waals surface area contributed by atoms with Crippen molar-refractivity contribution in [1.82, 2.24) is 19.1 Å². The number of rotatable bonds is 6. The molecule has 2 aromatic carbocycles. The van der Waals surface area contributed by atoms with E-state index in [1.54, 1.807) is 0 Å². The van der Waals surface area contributed by atoms with Crippen molar-refractivity contribution >= 4 is 34.1 Å². The fraction of sp³-hybridized carbons (Fsp3) is 0.0952. The van der Waals surface area contributed by atoms with E-state index in [4.69, 9.17) is 0 Å². The molecule has 0 fully saturated rings. The molecule has 0 spiro atoms. The lowest BCUT2D eigenvalue weighted by Crippen LogP contribution is -2.13. The van der Waals surface area contributed by atoms with Gasteiger partial charge < -0.3 is 29.6 Å². The van der Waals surface area contributed by atoms with Crippen LogP contribution in [-0.2, 0) is 14.1 Å². The summed E-state index contributed by atoms with van der Waals surface area (Å²) in [7, 11) is 2.98. The summed E-state index contributed by atoms with van der Waals surface area (Å²) in [6, 6.07) is 4.10. The van der Waals surface area contributed by atoms with Gasteiger partial charge >= 0.3 is 11.4 Å². The molecule has 0 saturated carbocycles. The van der Waals surface area contributed by atoms with Crippen LogP contribution in [0.15, 0.2) is 36.7 Å². The highest BCUT2D eigenvalue weighted by molar-refractivity contribution is 8.93. The van der Waals surface area contributed by atoms with Crippen molar-refractivity contribution in [2.75, 3.05) is 0 Å². The summed E-state index contributed by atoms with van der Waals surface area (Å²) in [4.78, 5) is 42.1. The lowest BCUT2D eigenvalue weighted by atomic mass is 10.1. The molecule has 4 N–H and O–H groups in total. The molecule has 2 heterocycles. The predicted octanol–water partition coefficient (Wildman–Crippen LogP) is 2.94. The molecule has 0 saturated heterocycles. The Morgan fingerprint density at radius 3 is 1.43 bits per heavy atom. The number of carbonyl (C=O) groups excluding carboxylic acids is 1. The van der Waals surface area contributed by atoms with Gasteiger partial charge in [-0.2, -0.15) is 0 Å². The number of aryl methyl sites for hydroxylation is 2. The number of aromatic hydroxyl groups is 4. The maximum Gasteiger partial charge on any atom is 0.315 e. The molecular formula is C21H17BrN6O9. The first-order valence-corrected chi connectivity index (χ1v) is 9.92. The Bertz CT molecular complexity index is 1480. The highest BCUT2D eigenvalue weighted by atomic mass is 79.9. The molecule has 0 radical (unpaired) electrons. The summed E-state index contributed by atoms with van der Waals surface area (Å²) in [6.07, 6.45) is 2.77. The van der Waals surface area contributed by atoms with Crippen LogP contribution >= 0.6 is 17.0 Å². The van der Waals surface area contributed by atoms with Gasteiger partial charge in [0.2, 0.25) is 11.5 Å². The first-order valence-electron chi connectivity index (χ1n) is 9.92. The van der Waals surface area contributed by atoms with Gasteiger partial charge in [-0.25, -0.2) is 9.97 Å². The van der Waals surface area contributed by atoms with E-state index < -0.39 is 50.0 Å². The normalized spacial score (nSPS) is 10.6. The van der Waals surface area contributed by atoms with E-state index in [0.29, 0.717) is 0 Å². The summed E-state index contributed by atoms with van der Waals surface area (Å²) in [6.45, 7) is 0. The molecule has 0 amide bonds. The smallest absolute Gasteiger partial charge is 0.315 e. The Morgan fingerprint density at radius 2 is 1.11 bits per heavy atom. The molecule has 16 heteroatoms. The quantitative estimate of drug-likeness (QED) is 0.113. The largest absolute Gasteiger partial charge is 0.504 e. The zero-order valence-electron chi connectivity index (χ0n) is 18.9. The van der Waals surface area contributed by atoms with Crippen LogP contribution < -0.4 is 0 Å². The zero-order chi connectivity index (χ0) is 26.5. The number of imidazole rings is 2. The Morgan fingerprint density at radius 1 is 0.757 bits per heavy atom. The summed E-state index contributed by atoms with van der Waals surface area (Å²) >= 11 is 0. The van der Waals surface area contributed by atoms with E-state index in [0.717, 1.165) is 24.3 Å². The highest BCUT2D eigenvalue weighted by Gasteiger charge is 2.26. The van der Waals surface area contributed by atoms with Crippen LogP contribution in [0.25, 0.3) is 22.5 Å². The molecule has 15 nitrogen and oxygen atoms in total. The second-order valence-electron chi connectivity index (χ2n) is 7.69. The Hall–Kier alpha value is -4.99. The van der Waals surface area contributed by atoms with Crippen LogP contribution in [0.1, 0.15) is 16.4 Å². The van der Waals surface area contributed by atoms with Crippen molar-refractivity contribution in [2.24, 2.45) is 14.1 Å². The lowest BCUT2D eigenvalue weighted by Gasteiger charge is -2.02. The Balaban J connectivity index is 0.00000380. The van der Waals surface area contributed by atoms with Crippen molar-refractivity contribution < 1.29 is 35.1 Å². The molecule has 0 aliphatic rings. The van der Waals surface area contributed by atoms with E-state index in [1.165, 1.54) is 35.6 Å². The Kier molecular flexibility index (Phi) is 6.89. The molecule has 0 atom stereocenters. The number of hydrogen-bond acceptors (Lipinski definition) is 11. The van der Waals surface area contributed by atoms with Crippen LogP contribution in [0.3, 0.4) is 0 Å². The zero-order valence-corrected chi connectivity index (χ0v) is 20.6. The number of halogens is 1. The number of nitro groups is 2. The van der Waals surface area contributed by atoms with Crippen LogP contribution in [0.4, 0.5) is 11.4 Å². The number of nitrogens with zero attached hydrogens (tertiary/aromatic N) is 6. The van der Waals surface area contributed by atoms with Gasteiger partial charge in [0.05, 0.1) is 21.2 Å². The fourth-order valence-electron chi connectivity index (χ4n) is 3.52. The number of nitro benzene ring substituents is 2. The average molecular weight is 577 g/mol. The molecule has 4 aromatic rings. The van der Waals surface area contributed by atoms with Gasteiger partial charge in [-0.05, 0) is 12.1 Å². The predicted molar refractivity (Wildman–Crippen MR) is 131 cm³/mol. The minimum absolute atomic E-state index is 0. The summed E-state index contributed by atoms with van der Waals surface area (Å²) in [5, 5.41) is 61.4. The first kappa shape index (κ1) is 26.6. The first-order chi connectivity index (χ1) is 16.9. The number of hydrogen-bond donors (Lipinski definition) is 4. The monoisotopic (exact) mass is 576 g/mol.